The minimum Gasteiger partial charge on any atom is -0.378 e. The summed E-state index contributed by atoms with van der Waals surface area (Å²) in [6.07, 6.45) is 1.67. The van der Waals surface area contributed by atoms with E-state index in [1.54, 1.807) is 13.1 Å². The number of aromatic nitrogens is 5. The first-order chi connectivity index (χ1) is 11.2. The van der Waals surface area contributed by atoms with Crippen molar-refractivity contribution in [3.05, 3.63) is 47.3 Å². The lowest BCUT2D eigenvalue weighted by molar-refractivity contribution is 0.306. The molecule has 3 aromatic rings. The molecule has 2 heterocycles. The molecule has 0 aliphatic carbocycles. The van der Waals surface area contributed by atoms with Gasteiger partial charge in [-0.15, -0.1) is 5.10 Å². The van der Waals surface area contributed by atoms with Crippen molar-refractivity contribution in [1.82, 2.24) is 25.3 Å². The average molecular weight is 310 g/mol. The van der Waals surface area contributed by atoms with E-state index in [0.717, 1.165) is 5.56 Å². The predicted molar refractivity (Wildman–Crippen MR) is 84.6 cm³/mol. The molecule has 0 aliphatic rings. The molecule has 2 N–H and O–H groups in total. The molecule has 0 saturated heterocycles. The zero-order valence-corrected chi connectivity index (χ0v) is 12.6. The van der Waals surface area contributed by atoms with Crippen LogP contribution in [0.1, 0.15) is 23.9 Å². The van der Waals surface area contributed by atoms with Crippen LogP contribution in [0.4, 0.5) is 5.82 Å². The number of nitrogen functional groups attached to an aromatic ring is 1. The molecule has 0 aliphatic heterocycles. The van der Waals surface area contributed by atoms with Gasteiger partial charge in [-0.1, -0.05) is 35.5 Å². The first-order valence-corrected chi connectivity index (χ1v) is 6.80. The molecule has 0 saturated carbocycles. The topological polar surface area (TPSA) is 120 Å². The normalized spacial score (nSPS) is 12.2. The zero-order chi connectivity index (χ0) is 16.2. The summed E-state index contributed by atoms with van der Waals surface area (Å²) >= 11 is 0. The molecule has 23 heavy (non-hydrogen) atoms. The highest BCUT2D eigenvalue weighted by molar-refractivity contribution is 5.98. The molecule has 0 bridgehead atoms. The number of anilines is 1. The van der Waals surface area contributed by atoms with E-state index in [2.05, 4.69) is 35.5 Å². The number of benzene rings is 1. The fourth-order valence-electron chi connectivity index (χ4n) is 1.97. The molecule has 0 radical (unpaired) electrons. The van der Waals surface area contributed by atoms with Crippen LogP contribution < -0.4 is 5.73 Å². The van der Waals surface area contributed by atoms with E-state index in [-0.39, 0.29) is 5.82 Å². The van der Waals surface area contributed by atoms with Gasteiger partial charge < -0.3 is 5.73 Å². The molecule has 0 amide bonds. The van der Waals surface area contributed by atoms with Crippen LogP contribution in [0.3, 0.4) is 0 Å². The van der Waals surface area contributed by atoms with Gasteiger partial charge in [0.25, 0.3) is 0 Å². The molecular weight excluding hydrogens is 296 g/mol. The lowest BCUT2D eigenvalue weighted by Crippen LogP contribution is -2.04. The van der Waals surface area contributed by atoms with Gasteiger partial charge in [-0.3, -0.25) is 0 Å². The van der Waals surface area contributed by atoms with Crippen LogP contribution in [0, 0.1) is 6.92 Å². The van der Waals surface area contributed by atoms with Gasteiger partial charge in [0.1, 0.15) is 5.69 Å². The van der Waals surface area contributed by atoms with Crippen molar-refractivity contribution in [3.8, 4) is 5.82 Å². The standard InChI is InChI=1S/C14H14N8O/c1-9(17-16-8-11-6-4-3-5-7-11)12-10(2)22(21-18-12)14-13(15)19-23-20-14/h3-8H,1-2H3,(H2,15,19)/b16-8+,17-9+. The van der Waals surface area contributed by atoms with Crippen LogP contribution in [0.15, 0.2) is 45.2 Å². The van der Waals surface area contributed by atoms with Crippen LogP contribution in [0.5, 0.6) is 0 Å². The van der Waals surface area contributed by atoms with Crippen LogP contribution in [-0.2, 0) is 0 Å². The summed E-state index contributed by atoms with van der Waals surface area (Å²) in [6, 6.07) is 9.69. The van der Waals surface area contributed by atoms with Crippen LogP contribution >= 0.6 is 0 Å². The average Bonchev–Trinajstić information content (AvgIpc) is 3.14. The number of nitrogens with zero attached hydrogens (tertiary/aromatic N) is 7. The maximum Gasteiger partial charge on any atom is 0.243 e. The van der Waals surface area contributed by atoms with Gasteiger partial charge in [0.15, 0.2) is 0 Å². The maximum atomic E-state index is 5.66. The van der Waals surface area contributed by atoms with Gasteiger partial charge in [0, 0.05) is 0 Å². The largest absolute Gasteiger partial charge is 0.378 e. The first-order valence-electron chi connectivity index (χ1n) is 6.80. The molecule has 0 atom stereocenters. The SMILES string of the molecule is C/C(=N\N=C\c1ccccc1)c1nnn(-c2nonc2N)c1C. The van der Waals surface area contributed by atoms with Crippen molar-refractivity contribution in [1.29, 1.82) is 0 Å². The number of hydrogen-bond donors (Lipinski definition) is 1. The number of rotatable bonds is 4. The summed E-state index contributed by atoms with van der Waals surface area (Å²) in [5.41, 5.74) is 8.55. The van der Waals surface area contributed by atoms with E-state index in [9.17, 15) is 0 Å². The third-order valence-corrected chi connectivity index (χ3v) is 3.15. The molecule has 1 aromatic carbocycles. The van der Waals surface area contributed by atoms with Gasteiger partial charge in [0.05, 0.1) is 17.6 Å². The monoisotopic (exact) mass is 310 g/mol. The van der Waals surface area contributed by atoms with Gasteiger partial charge in [0.2, 0.25) is 11.6 Å². The number of nitrogens with two attached hydrogens (primary N) is 1. The first kappa shape index (κ1) is 14.6. The second-order valence-corrected chi connectivity index (χ2v) is 4.75. The molecule has 9 nitrogen and oxygen atoms in total. The van der Waals surface area contributed by atoms with Crippen molar-refractivity contribution in [2.24, 2.45) is 10.2 Å². The van der Waals surface area contributed by atoms with Crippen molar-refractivity contribution in [3.63, 3.8) is 0 Å². The summed E-state index contributed by atoms with van der Waals surface area (Å²) in [7, 11) is 0. The molecule has 0 unspecified atom stereocenters. The quantitative estimate of drug-likeness (QED) is 0.574. The molecular formula is C14H14N8O. The lowest BCUT2D eigenvalue weighted by atomic mass is 10.2. The van der Waals surface area contributed by atoms with Crippen LogP contribution in [0.2, 0.25) is 0 Å². The minimum absolute atomic E-state index is 0.140. The Balaban J connectivity index is 1.85. The Kier molecular flexibility index (Phi) is 3.91. The summed E-state index contributed by atoms with van der Waals surface area (Å²) < 4.78 is 6.02. The Bertz CT molecular complexity index is 862. The third kappa shape index (κ3) is 2.98. The summed E-state index contributed by atoms with van der Waals surface area (Å²) in [4.78, 5) is 0. The van der Waals surface area contributed by atoms with Gasteiger partial charge in [-0.2, -0.15) is 14.9 Å². The summed E-state index contributed by atoms with van der Waals surface area (Å²) in [5, 5.41) is 23.5. The highest BCUT2D eigenvalue weighted by Gasteiger charge is 2.17. The van der Waals surface area contributed by atoms with E-state index < -0.39 is 0 Å². The smallest absolute Gasteiger partial charge is 0.243 e. The molecule has 0 spiro atoms. The number of hydrogen-bond acceptors (Lipinski definition) is 8. The van der Waals surface area contributed by atoms with E-state index >= 15 is 0 Å². The van der Waals surface area contributed by atoms with Crippen LogP contribution in [-0.4, -0.2) is 37.2 Å². The fourth-order valence-corrected chi connectivity index (χ4v) is 1.97. The van der Waals surface area contributed by atoms with Gasteiger partial charge >= 0.3 is 0 Å². The molecule has 9 heteroatoms. The zero-order valence-electron chi connectivity index (χ0n) is 12.6. The molecule has 116 valence electrons. The van der Waals surface area contributed by atoms with Crippen molar-refractivity contribution in [2.75, 3.05) is 5.73 Å². The van der Waals surface area contributed by atoms with E-state index in [1.165, 1.54) is 4.68 Å². The maximum absolute atomic E-state index is 5.66. The molecule has 2 aromatic heterocycles. The Morgan fingerprint density at radius 2 is 2.04 bits per heavy atom. The Hall–Kier alpha value is -3.36. The summed E-state index contributed by atoms with van der Waals surface area (Å²) in [6.45, 7) is 3.62. The Morgan fingerprint density at radius 1 is 1.26 bits per heavy atom. The van der Waals surface area contributed by atoms with Crippen molar-refractivity contribution < 1.29 is 4.63 Å². The highest BCUT2D eigenvalue weighted by atomic mass is 16.6. The fraction of sp³-hybridized carbons (Fsp3) is 0.143. The molecule has 0 fully saturated rings. The third-order valence-electron chi connectivity index (χ3n) is 3.15. The lowest BCUT2D eigenvalue weighted by Gasteiger charge is -1.98. The minimum atomic E-state index is 0.140. The summed E-state index contributed by atoms with van der Waals surface area (Å²) in [5.74, 6) is 0.433. The second-order valence-electron chi connectivity index (χ2n) is 4.75. The van der Waals surface area contributed by atoms with Crippen molar-refractivity contribution in [2.45, 2.75) is 13.8 Å². The van der Waals surface area contributed by atoms with Crippen LogP contribution in [0.25, 0.3) is 5.82 Å². The van der Waals surface area contributed by atoms with E-state index in [0.29, 0.717) is 22.9 Å². The van der Waals surface area contributed by atoms with Gasteiger partial charge in [-0.05, 0) is 29.7 Å². The Morgan fingerprint density at radius 3 is 2.74 bits per heavy atom. The van der Waals surface area contributed by atoms with Crippen molar-refractivity contribution >= 4 is 17.7 Å². The highest BCUT2D eigenvalue weighted by Crippen LogP contribution is 2.15. The predicted octanol–water partition coefficient (Wildman–Crippen LogP) is 1.38. The molecule has 3 rings (SSSR count). The Labute approximate surface area is 131 Å². The van der Waals surface area contributed by atoms with E-state index in [4.69, 9.17) is 5.73 Å². The second kappa shape index (κ2) is 6.18. The van der Waals surface area contributed by atoms with Gasteiger partial charge in [-0.25, -0.2) is 4.63 Å². The van der Waals surface area contributed by atoms with E-state index in [1.807, 2.05) is 37.3 Å².